The van der Waals surface area contributed by atoms with Gasteiger partial charge in [-0.2, -0.15) is 4.98 Å². The van der Waals surface area contributed by atoms with E-state index in [0.717, 1.165) is 31.1 Å². The van der Waals surface area contributed by atoms with E-state index in [9.17, 15) is 4.79 Å². The van der Waals surface area contributed by atoms with Crippen LogP contribution in [0.4, 0.5) is 5.82 Å². The van der Waals surface area contributed by atoms with E-state index in [-0.39, 0.29) is 12.0 Å². The Bertz CT molecular complexity index is 558. The van der Waals surface area contributed by atoms with Crippen LogP contribution in [0.2, 0.25) is 0 Å². The molecule has 0 N–H and O–H groups in total. The lowest BCUT2D eigenvalue weighted by molar-refractivity contribution is -0.130. The van der Waals surface area contributed by atoms with Crippen LogP contribution in [0, 0.1) is 5.92 Å². The van der Waals surface area contributed by atoms with Gasteiger partial charge in [0.1, 0.15) is 6.10 Å². The molecule has 6 nitrogen and oxygen atoms in total. The minimum atomic E-state index is 0.0205. The monoisotopic (exact) mass is 332 g/mol. The molecular weight excluding hydrogens is 304 g/mol. The van der Waals surface area contributed by atoms with Crippen LogP contribution >= 0.6 is 0 Å². The molecule has 0 spiro atoms. The molecule has 1 aliphatic heterocycles. The van der Waals surface area contributed by atoms with Gasteiger partial charge in [0.25, 0.3) is 0 Å². The Kier molecular flexibility index (Phi) is 5.53. The molecule has 3 rings (SSSR count). The molecule has 6 heteroatoms. The van der Waals surface area contributed by atoms with Gasteiger partial charge >= 0.3 is 0 Å². The first kappa shape index (κ1) is 17.0. The number of likely N-dealkylation sites (tertiary alicyclic amines) is 1. The second-order valence-electron chi connectivity index (χ2n) is 7.17. The highest BCUT2D eigenvalue weighted by molar-refractivity contribution is 5.76. The molecule has 1 aromatic rings. The van der Waals surface area contributed by atoms with Gasteiger partial charge in [0.2, 0.25) is 11.8 Å². The van der Waals surface area contributed by atoms with Crippen molar-refractivity contribution in [3.63, 3.8) is 0 Å². The number of carbonyl (C=O) groups excluding carboxylic acids is 1. The summed E-state index contributed by atoms with van der Waals surface area (Å²) in [5.41, 5.74) is 0. The number of carbonyl (C=O) groups is 1. The van der Waals surface area contributed by atoms with E-state index < -0.39 is 0 Å². The van der Waals surface area contributed by atoms with Crippen molar-refractivity contribution in [2.75, 3.05) is 32.1 Å². The highest BCUT2D eigenvalue weighted by Crippen LogP contribution is 2.29. The zero-order valence-electron chi connectivity index (χ0n) is 14.8. The number of aromatic nitrogens is 2. The van der Waals surface area contributed by atoms with Crippen molar-refractivity contribution >= 4 is 11.7 Å². The van der Waals surface area contributed by atoms with Gasteiger partial charge < -0.3 is 14.5 Å². The average molecular weight is 332 g/mol. The fraction of sp³-hybridized carbons (Fsp3) is 0.722. The molecule has 132 valence electrons. The van der Waals surface area contributed by atoms with Crippen LogP contribution in [-0.2, 0) is 4.79 Å². The summed E-state index contributed by atoms with van der Waals surface area (Å²) >= 11 is 0. The molecule has 0 bridgehead atoms. The molecule has 24 heavy (non-hydrogen) atoms. The second kappa shape index (κ2) is 7.81. The minimum Gasteiger partial charge on any atom is -0.471 e. The number of nitrogens with zero attached hydrogens (tertiary/aromatic N) is 4. The zero-order chi connectivity index (χ0) is 16.9. The molecule has 2 aliphatic rings. The van der Waals surface area contributed by atoms with Crippen molar-refractivity contribution in [3.8, 4) is 5.88 Å². The molecule has 1 amide bonds. The lowest BCUT2D eigenvalue weighted by Crippen LogP contribution is -2.31. The predicted molar refractivity (Wildman–Crippen MR) is 93.2 cm³/mol. The van der Waals surface area contributed by atoms with Crippen LogP contribution < -0.4 is 9.64 Å². The topological polar surface area (TPSA) is 58.6 Å². The Morgan fingerprint density at radius 1 is 1.29 bits per heavy atom. The molecule has 0 radical (unpaired) electrons. The van der Waals surface area contributed by atoms with Crippen molar-refractivity contribution in [3.05, 3.63) is 12.4 Å². The van der Waals surface area contributed by atoms with Crippen LogP contribution in [-0.4, -0.2) is 54.1 Å². The van der Waals surface area contributed by atoms with Gasteiger partial charge in [0.15, 0.2) is 5.82 Å². The molecular formula is C18H28N4O2. The van der Waals surface area contributed by atoms with Gasteiger partial charge in [0, 0.05) is 33.5 Å². The minimum absolute atomic E-state index is 0.0205. The fourth-order valence-corrected chi connectivity index (χ4v) is 3.62. The van der Waals surface area contributed by atoms with Crippen molar-refractivity contribution in [1.82, 2.24) is 14.9 Å². The van der Waals surface area contributed by atoms with Crippen LogP contribution in [0.5, 0.6) is 5.88 Å². The van der Waals surface area contributed by atoms with Crippen LogP contribution in [0.1, 0.15) is 44.9 Å². The van der Waals surface area contributed by atoms with Crippen molar-refractivity contribution < 1.29 is 9.53 Å². The number of hydrogen-bond donors (Lipinski definition) is 0. The van der Waals surface area contributed by atoms with E-state index in [1.165, 1.54) is 25.7 Å². The summed E-state index contributed by atoms with van der Waals surface area (Å²) < 4.78 is 5.93. The van der Waals surface area contributed by atoms with E-state index in [1.54, 1.807) is 12.4 Å². The lowest BCUT2D eigenvalue weighted by Gasteiger charge is -2.18. The number of ether oxygens (including phenoxy) is 1. The number of rotatable bonds is 6. The number of amides is 1. The van der Waals surface area contributed by atoms with Crippen LogP contribution in [0.15, 0.2) is 12.4 Å². The van der Waals surface area contributed by atoms with Crippen LogP contribution in [0.25, 0.3) is 0 Å². The van der Waals surface area contributed by atoms with E-state index in [0.29, 0.717) is 18.8 Å². The summed E-state index contributed by atoms with van der Waals surface area (Å²) in [6, 6.07) is 0. The van der Waals surface area contributed by atoms with E-state index in [1.807, 2.05) is 23.9 Å². The third-order valence-electron chi connectivity index (χ3n) is 5.08. The van der Waals surface area contributed by atoms with Gasteiger partial charge in [0.05, 0.1) is 18.9 Å². The van der Waals surface area contributed by atoms with Gasteiger partial charge in [-0.15, -0.1) is 0 Å². The summed E-state index contributed by atoms with van der Waals surface area (Å²) in [4.78, 5) is 24.8. The van der Waals surface area contributed by atoms with E-state index in [4.69, 9.17) is 4.74 Å². The number of hydrogen-bond acceptors (Lipinski definition) is 5. The maximum atomic E-state index is 12.4. The SMILES string of the molecule is CN(C)c1cncc(OC2CCN(C(=O)CCC3CCCC3)C2)n1. The summed E-state index contributed by atoms with van der Waals surface area (Å²) in [5, 5.41) is 0. The first-order chi connectivity index (χ1) is 11.6. The second-order valence-corrected chi connectivity index (χ2v) is 7.17. The quantitative estimate of drug-likeness (QED) is 0.801. The summed E-state index contributed by atoms with van der Waals surface area (Å²) in [6.07, 6.45) is 11.3. The van der Waals surface area contributed by atoms with Gasteiger partial charge in [-0.05, 0) is 12.3 Å². The molecule has 1 aliphatic carbocycles. The molecule has 0 aromatic carbocycles. The maximum absolute atomic E-state index is 12.4. The van der Waals surface area contributed by atoms with Crippen molar-refractivity contribution in [1.29, 1.82) is 0 Å². The number of anilines is 1. The Hall–Kier alpha value is -1.85. The Balaban J connectivity index is 1.46. The third kappa shape index (κ3) is 4.36. The van der Waals surface area contributed by atoms with Gasteiger partial charge in [-0.1, -0.05) is 25.7 Å². The Morgan fingerprint density at radius 3 is 2.83 bits per heavy atom. The lowest BCUT2D eigenvalue weighted by atomic mass is 10.0. The van der Waals surface area contributed by atoms with Gasteiger partial charge in [-0.25, -0.2) is 0 Å². The molecule has 1 saturated heterocycles. The van der Waals surface area contributed by atoms with E-state index >= 15 is 0 Å². The third-order valence-corrected chi connectivity index (χ3v) is 5.08. The Morgan fingerprint density at radius 2 is 2.08 bits per heavy atom. The highest BCUT2D eigenvalue weighted by Gasteiger charge is 2.28. The zero-order valence-corrected chi connectivity index (χ0v) is 14.8. The largest absolute Gasteiger partial charge is 0.471 e. The average Bonchev–Trinajstić information content (AvgIpc) is 3.24. The first-order valence-corrected chi connectivity index (χ1v) is 9.05. The van der Waals surface area contributed by atoms with Crippen molar-refractivity contribution in [2.45, 2.75) is 51.0 Å². The fourth-order valence-electron chi connectivity index (χ4n) is 3.62. The maximum Gasteiger partial charge on any atom is 0.234 e. The standard InChI is InChI=1S/C18H28N4O2/c1-21(2)16-11-19-12-17(20-16)24-15-9-10-22(13-15)18(23)8-7-14-5-3-4-6-14/h11-12,14-15H,3-10,13H2,1-2H3. The molecule has 1 saturated carbocycles. The van der Waals surface area contributed by atoms with Crippen molar-refractivity contribution in [2.24, 2.45) is 5.92 Å². The molecule has 1 atom stereocenters. The highest BCUT2D eigenvalue weighted by atomic mass is 16.5. The van der Waals surface area contributed by atoms with Crippen LogP contribution in [0.3, 0.4) is 0 Å². The normalized spacial score (nSPS) is 21.2. The molecule has 2 heterocycles. The molecule has 1 unspecified atom stereocenters. The summed E-state index contributed by atoms with van der Waals surface area (Å²) in [5.74, 6) is 2.36. The molecule has 2 fully saturated rings. The summed E-state index contributed by atoms with van der Waals surface area (Å²) in [7, 11) is 3.85. The summed E-state index contributed by atoms with van der Waals surface area (Å²) in [6.45, 7) is 1.45. The first-order valence-electron chi connectivity index (χ1n) is 9.05. The smallest absolute Gasteiger partial charge is 0.234 e. The van der Waals surface area contributed by atoms with E-state index in [2.05, 4.69) is 9.97 Å². The predicted octanol–water partition coefficient (Wildman–Crippen LogP) is 2.49. The Labute approximate surface area is 144 Å². The molecule has 1 aromatic heterocycles. The van der Waals surface area contributed by atoms with Gasteiger partial charge in [-0.3, -0.25) is 9.78 Å².